The van der Waals surface area contributed by atoms with Crippen molar-refractivity contribution < 1.29 is 4.74 Å². The normalized spacial score (nSPS) is 19.3. The molecule has 5 rings (SSSR count). The molecule has 0 unspecified atom stereocenters. The largest absolute Gasteiger partial charge is 0.371 e. The van der Waals surface area contributed by atoms with E-state index in [1.165, 1.54) is 12.0 Å². The van der Waals surface area contributed by atoms with Crippen molar-refractivity contribution in [2.24, 2.45) is 0 Å². The fraction of sp³-hybridized carbons (Fsp3) is 0.444. The maximum absolute atomic E-state index is 6.02. The Morgan fingerprint density at radius 1 is 1.12 bits per heavy atom. The van der Waals surface area contributed by atoms with Gasteiger partial charge in [-0.15, -0.1) is 5.10 Å². The Bertz CT molecular complexity index is 889. The van der Waals surface area contributed by atoms with Crippen LogP contribution in [-0.2, 0) is 11.3 Å². The molecule has 128 valence electrons. The van der Waals surface area contributed by atoms with Crippen LogP contribution in [0.5, 0.6) is 0 Å². The third kappa shape index (κ3) is 2.55. The summed E-state index contributed by atoms with van der Waals surface area (Å²) in [4.78, 5) is 11.2. The first-order chi connectivity index (χ1) is 12.3. The van der Waals surface area contributed by atoms with Gasteiger partial charge in [-0.25, -0.2) is 14.6 Å². The zero-order valence-electron chi connectivity index (χ0n) is 14.0. The Hall–Kier alpha value is -2.54. The molecule has 1 aliphatic carbocycles. The van der Waals surface area contributed by atoms with E-state index in [1.807, 2.05) is 22.9 Å². The molecule has 0 N–H and O–H groups in total. The molecule has 1 aliphatic heterocycles. The number of benzene rings is 1. The Balaban J connectivity index is 1.48. The number of hydrogen-bond acceptors (Lipinski definition) is 6. The Morgan fingerprint density at radius 3 is 2.80 bits per heavy atom. The molecule has 2 aliphatic rings. The number of nitrogens with zero attached hydrogens (tertiary/aromatic N) is 6. The highest BCUT2D eigenvalue weighted by molar-refractivity contribution is 5.82. The van der Waals surface area contributed by atoms with E-state index in [-0.39, 0.29) is 5.60 Å². The van der Waals surface area contributed by atoms with Crippen LogP contribution in [0.15, 0.2) is 36.7 Å². The summed E-state index contributed by atoms with van der Waals surface area (Å²) in [5.41, 5.74) is 2.75. The number of morpholine rings is 1. The molecule has 7 heteroatoms. The molecular formula is C18H20N6O. The molecule has 3 aromatic rings. The first-order valence-electron chi connectivity index (χ1n) is 8.80. The van der Waals surface area contributed by atoms with Crippen LogP contribution in [0, 0.1) is 0 Å². The summed E-state index contributed by atoms with van der Waals surface area (Å²) in [6, 6.07) is 10.2. The Kier molecular flexibility index (Phi) is 3.41. The van der Waals surface area contributed by atoms with E-state index < -0.39 is 0 Å². The number of anilines is 1. The lowest BCUT2D eigenvalue weighted by atomic mass is 9.79. The summed E-state index contributed by atoms with van der Waals surface area (Å²) >= 11 is 0. The van der Waals surface area contributed by atoms with Crippen LogP contribution in [0.2, 0.25) is 0 Å². The summed E-state index contributed by atoms with van der Waals surface area (Å²) in [6.07, 6.45) is 5.14. The van der Waals surface area contributed by atoms with Gasteiger partial charge in [-0.2, -0.15) is 0 Å². The van der Waals surface area contributed by atoms with E-state index in [0.717, 1.165) is 49.5 Å². The quantitative estimate of drug-likeness (QED) is 0.729. The van der Waals surface area contributed by atoms with Crippen LogP contribution in [-0.4, -0.2) is 50.3 Å². The molecule has 3 heterocycles. The van der Waals surface area contributed by atoms with Gasteiger partial charge in [0, 0.05) is 13.1 Å². The summed E-state index contributed by atoms with van der Waals surface area (Å²) in [7, 11) is 0. The molecule has 1 spiro atoms. The first-order valence-corrected chi connectivity index (χ1v) is 8.80. The highest BCUT2D eigenvalue weighted by atomic mass is 16.5. The minimum Gasteiger partial charge on any atom is -0.371 e. The molecular weight excluding hydrogens is 316 g/mol. The van der Waals surface area contributed by atoms with E-state index in [9.17, 15) is 0 Å². The average Bonchev–Trinajstić information content (AvgIpc) is 3.04. The van der Waals surface area contributed by atoms with Crippen LogP contribution in [0.25, 0.3) is 11.2 Å². The van der Waals surface area contributed by atoms with Gasteiger partial charge in [0.05, 0.1) is 18.8 Å². The second-order valence-corrected chi connectivity index (χ2v) is 6.91. The summed E-state index contributed by atoms with van der Waals surface area (Å²) in [6.45, 7) is 3.11. The van der Waals surface area contributed by atoms with Gasteiger partial charge in [-0.1, -0.05) is 35.5 Å². The van der Waals surface area contributed by atoms with Gasteiger partial charge in [0.15, 0.2) is 17.0 Å². The van der Waals surface area contributed by atoms with Gasteiger partial charge < -0.3 is 9.64 Å². The van der Waals surface area contributed by atoms with Gasteiger partial charge >= 0.3 is 0 Å². The van der Waals surface area contributed by atoms with Gasteiger partial charge in [0.1, 0.15) is 6.33 Å². The van der Waals surface area contributed by atoms with Gasteiger partial charge in [0.2, 0.25) is 0 Å². The molecule has 1 aromatic carbocycles. The van der Waals surface area contributed by atoms with Crippen molar-refractivity contribution in [3.05, 3.63) is 42.2 Å². The van der Waals surface area contributed by atoms with Crippen LogP contribution in [0.4, 0.5) is 5.82 Å². The number of aromatic nitrogens is 5. The number of ether oxygens (including phenoxy) is 1. The fourth-order valence-electron chi connectivity index (χ4n) is 3.77. The second-order valence-electron chi connectivity index (χ2n) is 6.91. The average molecular weight is 336 g/mol. The third-order valence-corrected chi connectivity index (χ3v) is 5.27. The van der Waals surface area contributed by atoms with Crippen molar-refractivity contribution in [1.29, 1.82) is 0 Å². The van der Waals surface area contributed by atoms with Crippen molar-refractivity contribution in [3.63, 3.8) is 0 Å². The fourth-order valence-corrected chi connectivity index (χ4v) is 3.77. The van der Waals surface area contributed by atoms with E-state index in [0.29, 0.717) is 6.54 Å². The zero-order valence-corrected chi connectivity index (χ0v) is 14.0. The van der Waals surface area contributed by atoms with Crippen LogP contribution < -0.4 is 4.90 Å². The molecule has 0 radical (unpaired) electrons. The molecule has 7 nitrogen and oxygen atoms in total. The van der Waals surface area contributed by atoms with Crippen molar-refractivity contribution in [1.82, 2.24) is 25.0 Å². The molecule has 0 atom stereocenters. The Labute approximate surface area is 145 Å². The topological polar surface area (TPSA) is 69.0 Å². The van der Waals surface area contributed by atoms with Gasteiger partial charge in [-0.05, 0) is 24.8 Å². The van der Waals surface area contributed by atoms with Crippen molar-refractivity contribution in [3.8, 4) is 0 Å². The number of hydrogen-bond donors (Lipinski definition) is 0. The predicted octanol–water partition coefficient (Wildman–Crippen LogP) is 2.03. The van der Waals surface area contributed by atoms with Crippen molar-refractivity contribution >= 4 is 17.0 Å². The molecule has 0 bridgehead atoms. The van der Waals surface area contributed by atoms with E-state index in [1.54, 1.807) is 6.33 Å². The molecule has 1 saturated carbocycles. The smallest absolute Gasteiger partial charge is 0.184 e. The van der Waals surface area contributed by atoms with Crippen LogP contribution in [0.1, 0.15) is 24.8 Å². The zero-order chi connectivity index (χ0) is 16.7. The van der Waals surface area contributed by atoms with Crippen LogP contribution >= 0.6 is 0 Å². The molecule has 0 amide bonds. The van der Waals surface area contributed by atoms with Crippen molar-refractivity contribution in [2.45, 2.75) is 31.4 Å². The molecule has 1 saturated heterocycles. The molecule has 25 heavy (non-hydrogen) atoms. The van der Waals surface area contributed by atoms with E-state index >= 15 is 0 Å². The minimum absolute atomic E-state index is 0.0234. The predicted molar refractivity (Wildman–Crippen MR) is 93.4 cm³/mol. The Morgan fingerprint density at radius 2 is 2.00 bits per heavy atom. The monoisotopic (exact) mass is 336 g/mol. The third-order valence-electron chi connectivity index (χ3n) is 5.27. The minimum atomic E-state index is 0.0234. The first kappa shape index (κ1) is 14.8. The van der Waals surface area contributed by atoms with Gasteiger partial charge in [0.25, 0.3) is 0 Å². The van der Waals surface area contributed by atoms with Crippen molar-refractivity contribution in [2.75, 3.05) is 24.6 Å². The number of fused-ring (bicyclic) bond motifs is 1. The molecule has 2 fully saturated rings. The summed E-state index contributed by atoms with van der Waals surface area (Å²) in [5, 5.41) is 8.71. The maximum atomic E-state index is 6.02. The lowest BCUT2D eigenvalue weighted by Crippen LogP contribution is -2.56. The SMILES string of the molecule is c1ccc(Cn2nnc3c(N4CCOC5(CCC5)C4)ncnc32)cc1. The van der Waals surface area contributed by atoms with E-state index in [4.69, 9.17) is 4.74 Å². The highest BCUT2D eigenvalue weighted by Crippen LogP contribution is 2.39. The summed E-state index contributed by atoms with van der Waals surface area (Å²) < 4.78 is 7.87. The number of rotatable bonds is 3. The van der Waals surface area contributed by atoms with Crippen LogP contribution in [0.3, 0.4) is 0 Å². The lowest BCUT2D eigenvalue weighted by Gasteiger charge is -2.48. The maximum Gasteiger partial charge on any atom is 0.184 e. The summed E-state index contributed by atoms with van der Waals surface area (Å²) in [5.74, 6) is 0.874. The lowest BCUT2D eigenvalue weighted by molar-refractivity contribution is -0.106. The highest BCUT2D eigenvalue weighted by Gasteiger charge is 2.42. The molecule has 2 aromatic heterocycles. The second kappa shape index (κ2) is 5.77. The standard InChI is InChI=1S/C18H20N6O/c1-2-5-14(6-3-1)11-24-17-15(21-22-24)16(19-13-20-17)23-9-10-25-18(12-23)7-4-8-18/h1-3,5-6,13H,4,7-12H2. The van der Waals surface area contributed by atoms with E-state index in [2.05, 4.69) is 37.3 Å². The van der Waals surface area contributed by atoms with Gasteiger partial charge in [-0.3, -0.25) is 0 Å².